The topological polar surface area (TPSA) is 66.8 Å². The normalized spacial score (nSPS) is 16.5. The van der Waals surface area contributed by atoms with Gasteiger partial charge in [-0.25, -0.2) is 4.39 Å². The van der Waals surface area contributed by atoms with Gasteiger partial charge in [-0.1, -0.05) is 6.07 Å². The van der Waals surface area contributed by atoms with Gasteiger partial charge in [0.1, 0.15) is 5.82 Å². The highest BCUT2D eigenvalue weighted by atomic mass is 19.1. The van der Waals surface area contributed by atoms with Crippen molar-refractivity contribution >= 4 is 18.6 Å². The molecule has 90 valence electrons. The van der Waals surface area contributed by atoms with E-state index in [-0.39, 0.29) is 5.46 Å². The van der Waals surface area contributed by atoms with Crippen LogP contribution in [-0.2, 0) is 14.9 Å². The van der Waals surface area contributed by atoms with Gasteiger partial charge in [0.25, 0.3) is 0 Å². The number of hydrogen-bond acceptors (Lipinski definition) is 4. The highest BCUT2D eigenvalue weighted by molar-refractivity contribution is 6.58. The quantitative estimate of drug-likeness (QED) is 0.561. The van der Waals surface area contributed by atoms with Crippen LogP contribution in [-0.4, -0.2) is 30.2 Å². The van der Waals surface area contributed by atoms with Crippen LogP contribution in [0.25, 0.3) is 0 Å². The summed E-state index contributed by atoms with van der Waals surface area (Å²) in [6, 6.07) is 3.69. The van der Waals surface area contributed by atoms with Crippen molar-refractivity contribution in [1.29, 1.82) is 0 Å². The van der Waals surface area contributed by atoms with Gasteiger partial charge in [0.2, 0.25) is 0 Å². The van der Waals surface area contributed by atoms with Crippen molar-refractivity contribution in [3.8, 4) is 0 Å². The first-order valence-corrected chi connectivity index (χ1v) is 5.25. The number of carbonyl (C=O) groups is 1. The average Bonchev–Trinajstić information content (AvgIpc) is 3.08. The molecule has 1 saturated carbocycles. The zero-order chi connectivity index (χ0) is 12.6. The van der Waals surface area contributed by atoms with E-state index in [1.165, 1.54) is 19.2 Å². The molecule has 1 aromatic rings. The van der Waals surface area contributed by atoms with Crippen molar-refractivity contribution in [2.75, 3.05) is 7.11 Å². The summed E-state index contributed by atoms with van der Waals surface area (Å²) in [7, 11) is -0.471. The molecule has 0 spiro atoms. The Labute approximate surface area is 98.2 Å². The Morgan fingerprint density at radius 2 is 2.06 bits per heavy atom. The molecule has 0 aliphatic heterocycles. The fourth-order valence-electron chi connectivity index (χ4n) is 1.97. The molecular formula is C11H12BFO4. The van der Waals surface area contributed by atoms with Gasteiger partial charge in [0.05, 0.1) is 12.5 Å². The molecule has 1 aliphatic carbocycles. The average molecular weight is 238 g/mol. The van der Waals surface area contributed by atoms with Gasteiger partial charge in [-0.15, -0.1) is 0 Å². The van der Waals surface area contributed by atoms with Gasteiger partial charge in [-0.05, 0) is 36.0 Å². The van der Waals surface area contributed by atoms with Crippen LogP contribution in [0.4, 0.5) is 4.39 Å². The summed E-state index contributed by atoms with van der Waals surface area (Å²) in [6.07, 6.45) is 1.17. The Morgan fingerprint density at radius 3 is 2.53 bits per heavy atom. The molecule has 0 heterocycles. The van der Waals surface area contributed by atoms with Crippen LogP contribution in [0.1, 0.15) is 18.4 Å². The summed E-state index contributed by atoms with van der Waals surface area (Å²) in [5.74, 6) is -1.01. The van der Waals surface area contributed by atoms with Crippen molar-refractivity contribution in [1.82, 2.24) is 0 Å². The molecule has 17 heavy (non-hydrogen) atoms. The SMILES string of the molecule is COC(=O)C1(c2cc(F)cc(B(O)O)c2)CC1. The Kier molecular flexibility index (Phi) is 2.93. The summed E-state index contributed by atoms with van der Waals surface area (Å²) >= 11 is 0. The summed E-state index contributed by atoms with van der Waals surface area (Å²) < 4.78 is 18.0. The van der Waals surface area contributed by atoms with Crippen molar-refractivity contribution in [3.05, 3.63) is 29.6 Å². The molecule has 4 nitrogen and oxygen atoms in total. The van der Waals surface area contributed by atoms with Gasteiger partial charge in [-0.3, -0.25) is 4.79 Å². The van der Waals surface area contributed by atoms with Gasteiger partial charge in [0, 0.05) is 0 Å². The number of halogens is 1. The van der Waals surface area contributed by atoms with E-state index in [1.54, 1.807) is 0 Å². The molecule has 0 atom stereocenters. The second-order valence-corrected chi connectivity index (χ2v) is 4.22. The van der Waals surface area contributed by atoms with Gasteiger partial charge in [-0.2, -0.15) is 0 Å². The molecule has 1 aliphatic rings. The highest BCUT2D eigenvalue weighted by Crippen LogP contribution is 2.49. The highest BCUT2D eigenvalue weighted by Gasteiger charge is 2.52. The van der Waals surface area contributed by atoms with Gasteiger partial charge < -0.3 is 14.8 Å². The zero-order valence-electron chi connectivity index (χ0n) is 9.31. The smallest absolute Gasteiger partial charge is 0.468 e. The van der Waals surface area contributed by atoms with E-state index >= 15 is 0 Å². The number of benzene rings is 1. The number of hydrogen-bond donors (Lipinski definition) is 2. The molecule has 6 heteroatoms. The van der Waals surface area contributed by atoms with Crippen LogP contribution in [0.2, 0.25) is 0 Å². The first-order valence-electron chi connectivity index (χ1n) is 5.25. The van der Waals surface area contributed by atoms with E-state index in [2.05, 4.69) is 4.74 Å². The third-order valence-electron chi connectivity index (χ3n) is 3.10. The Balaban J connectivity index is 2.43. The van der Waals surface area contributed by atoms with Crippen LogP contribution < -0.4 is 5.46 Å². The standard InChI is InChI=1S/C11H12BFO4/c1-17-10(14)11(2-3-11)7-4-8(12(15)16)6-9(13)5-7/h4-6,15-16H,2-3H2,1H3. The molecule has 1 aromatic carbocycles. The Bertz CT molecular complexity index is 457. The van der Waals surface area contributed by atoms with Crippen LogP contribution in [0, 0.1) is 5.82 Å². The van der Waals surface area contributed by atoms with E-state index in [4.69, 9.17) is 10.0 Å². The number of ether oxygens (including phenoxy) is 1. The van der Waals surface area contributed by atoms with E-state index in [1.807, 2.05) is 0 Å². The van der Waals surface area contributed by atoms with E-state index in [0.717, 1.165) is 6.07 Å². The first kappa shape index (κ1) is 12.1. The van der Waals surface area contributed by atoms with Crippen molar-refractivity contribution in [2.45, 2.75) is 18.3 Å². The molecule has 0 unspecified atom stereocenters. The molecule has 0 amide bonds. The number of rotatable bonds is 3. The van der Waals surface area contributed by atoms with Crippen LogP contribution in [0.15, 0.2) is 18.2 Å². The summed E-state index contributed by atoms with van der Waals surface area (Å²) in [4.78, 5) is 11.6. The summed E-state index contributed by atoms with van der Waals surface area (Å²) in [5, 5.41) is 18.1. The summed E-state index contributed by atoms with van der Waals surface area (Å²) in [5.41, 5.74) is -0.330. The molecule has 0 radical (unpaired) electrons. The minimum atomic E-state index is -1.75. The molecule has 1 fully saturated rings. The molecule has 0 bridgehead atoms. The number of esters is 1. The lowest BCUT2D eigenvalue weighted by atomic mass is 9.78. The minimum absolute atomic E-state index is 0.0372. The van der Waals surface area contributed by atoms with Crippen molar-refractivity contribution < 1.29 is 24.0 Å². The maximum absolute atomic E-state index is 13.3. The molecule has 0 aromatic heterocycles. The molecule has 2 N–H and O–H groups in total. The van der Waals surface area contributed by atoms with E-state index in [9.17, 15) is 9.18 Å². The molecule has 2 rings (SSSR count). The third kappa shape index (κ3) is 2.05. The van der Waals surface area contributed by atoms with E-state index in [0.29, 0.717) is 18.4 Å². The predicted octanol–water partition coefficient (Wildman–Crippen LogP) is -0.290. The Hall–Kier alpha value is -1.40. The second kappa shape index (κ2) is 4.12. The van der Waals surface area contributed by atoms with Gasteiger partial charge in [0.15, 0.2) is 0 Å². The lowest BCUT2D eigenvalue weighted by molar-refractivity contribution is -0.143. The number of carbonyl (C=O) groups excluding carboxylic acids is 1. The summed E-state index contributed by atoms with van der Waals surface area (Å²) in [6.45, 7) is 0. The zero-order valence-corrected chi connectivity index (χ0v) is 9.31. The van der Waals surface area contributed by atoms with Crippen LogP contribution in [0.3, 0.4) is 0 Å². The second-order valence-electron chi connectivity index (χ2n) is 4.22. The third-order valence-corrected chi connectivity index (χ3v) is 3.10. The predicted molar refractivity (Wildman–Crippen MR) is 59.2 cm³/mol. The fraction of sp³-hybridized carbons (Fsp3) is 0.364. The largest absolute Gasteiger partial charge is 0.488 e. The van der Waals surface area contributed by atoms with Crippen LogP contribution in [0.5, 0.6) is 0 Å². The maximum atomic E-state index is 13.3. The lowest BCUT2D eigenvalue weighted by Gasteiger charge is -2.14. The maximum Gasteiger partial charge on any atom is 0.488 e. The van der Waals surface area contributed by atoms with Crippen molar-refractivity contribution in [2.24, 2.45) is 0 Å². The Morgan fingerprint density at radius 1 is 1.41 bits per heavy atom. The van der Waals surface area contributed by atoms with Crippen LogP contribution >= 0.6 is 0 Å². The molecular weight excluding hydrogens is 226 g/mol. The lowest BCUT2D eigenvalue weighted by Crippen LogP contribution is -2.32. The minimum Gasteiger partial charge on any atom is -0.468 e. The van der Waals surface area contributed by atoms with E-state index < -0.39 is 24.3 Å². The van der Waals surface area contributed by atoms with Crippen molar-refractivity contribution in [3.63, 3.8) is 0 Å². The number of methoxy groups -OCH3 is 1. The first-order chi connectivity index (χ1) is 7.99. The monoisotopic (exact) mass is 238 g/mol. The van der Waals surface area contributed by atoms with Gasteiger partial charge >= 0.3 is 13.1 Å². The molecule has 0 saturated heterocycles. The fourth-order valence-corrected chi connectivity index (χ4v) is 1.97.